The molecule has 27 heavy (non-hydrogen) atoms. The number of oxazole rings is 1. The molecule has 3 rings (SSSR count). The van der Waals surface area contributed by atoms with Gasteiger partial charge in [0.15, 0.2) is 12.2 Å². The first kappa shape index (κ1) is 17.8. The van der Waals surface area contributed by atoms with Gasteiger partial charge in [0, 0.05) is 35.8 Å². The molecule has 2 aromatic heterocycles. The molecule has 0 fully saturated rings. The highest BCUT2D eigenvalue weighted by Crippen LogP contribution is 2.22. The molecule has 2 heterocycles. The molecule has 1 amide bonds. The summed E-state index contributed by atoms with van der Waals surface area (Å²) in [4.78, 5) is 24.2. The molecule has 0 saturated carbocycles. The van der Waals surface area contributed by atoms with E-state index in [-0.39, 0.29) is 17.2 Å². The number of nitrogens with two attached hydrogens (primary N) is 2. The maximum atomic E-state index is 12.5. The van der Waals surface area contributed by atoms with Crippen LogP contribution in [0.25, 0.3) is 0 Å². The van der Waals surface area contributed by atoms with Crippen LogP contribution in [0.4, 0.5) is 17.1 Å². The number of hydrogen-bond acceptors (Lipinski definition) is 8. The average Bonchev–Trinajstić information content (AvgIpc) is 3.19. The van der Waals surface area contributed by atoms with Crippen LogP contribution in [0.3, 0.4) is 0 Å². The van der Waals surface area contributed by atoms with E-state index in [1.54, 1.807) is 37.5 Å². The van der Waals surface area contributed by atoms with Crippen molar-refractivity contribution in [1.29, 1.82) is 5.41 Å². The summed E-state index contributed by atoms with van der Waals surface area (Å²) in [6.45, 7) is 0. The van der Waals surface area contributed by atoms with E-state index < -0.39 is 5.91 Å². The highest BCUT2D eigenvalue weighted by molar-refractivity contribution is 6.13. The van der Waals surface area contributed by atoms with E-state index >= 15 is 0 Å². The molecule has 0 aliphatic rings. The molecule has 0 aliphatic carbocycles. The first-order valence-electron chi connectivity index (χ1n) is 7.86. The van der Waals surface area contributed by atoms with E-state index in [0.29, 0.717) is 28.2 Å². The van der Waals surface area contributed by atoms with Gasteiger partial charge in [0.25, 0.3) is 5.91 Å². The molecule has 9 nitrogen and oxygen atoms in total. The van der Waals surface area contributed by atoms with Crippen molar-refractivity contribution in [2.75, 3.05) is 23.8 Å². The van der Waals surface area contributed by atoms with Crippen LogP contribution in [0.5, 0.6) is 0 Å². The van der Waals surface area contributed by atoms with Crippen LogP contribution in [0.2, 0.25) is 0 Å². The van der Waals surface area contributed by atoms with E-state index in [1.165, 1.54) is 18.8 Å². The van der Waals surface area contributed by atoms with Crippen molar-refractivity contribution in [1.82, 2.24) is 9.97 Å². The normalized spacial score (nSPS) is 10.9. The zero-order valence-corrected chi connectivity index (χ0v) is 14.4. The number of nitrogens with zero attached hydrogens (tertiary/aromatic N) is 3. The van der Waals surface area contributed by atoms with Crippen molar-refractivity contribution >= 4 is 34.9 Å². The maximum Gasteiger partial charge on any atom is 0.274 e. The SMILES string of the molecule is CN=Cc1cc(C(=O)Nc2ccc(N)c(C(=N)c3cnco3)c2)ncc1N. The van der Waals surface area contributed by atoms with Crippen molar-refractivity contribution in [2.45, 2.75) is 0 Å². The van der Waals surface area contributed by atoms with Gasteiger partial charge in [-0.2, -0.15) is 0 Å². The van der Waals surface area contributed by atoms with Gasteiger partial charge in [0.2, 0.25) is 0 Å². The van der Waals surface area contributed by atoms with Gasteiger partial charge in [-0.15, -0.1) is 0 Å². The van der Waals surface area contributed by atoms with Crippen molar-refractivity contribution in [3.8, 4) is 0 Å². The molecule has 0 saturated heterocycles. The number of aromatic nitrogens is 2. The van der Waals surface area contributed by atoms with Gasteiger partial charge in [-0.25, -0.2) is 9.97 Å². The average molecular weight is 363 g/mol. The van der Waals surface area contributed by atoms with Crippen molar-refractivity contribution in [3.05, 3.63) is 65.6 Å². The molecule has 0 unspecified atom stereocenters. The van der Waals surface area contributed by atoms with Crippen LogP contribution in [-0.2, 0) is 0 Å². The Morgan fingerprint density at radius 3 is 2.78 bits per heavy atom. The number of anilines is 3. The number of carbonyl (C=O) groups excluding carboxylic acids is 1. The minimum Gasteiger partial charge on any atom is -0.442 e. The third-order valence-corrected chi connectivity index (χ3v) is 3.73. The molecule has 136 valence electrons. The topological polar surface area (TPSA) is 156 Å². The van der Waals surface area contributed by atoms with E-state index in [1.807, 2.05) is 0 Å². The molecule has 0 spiro atoms. The Morgan fingerprint density at radius 1 is 1.26 bits per heavy atom. The van der Waals surface area contributed by atoms with Crippen LogP contribution in [0.15, 0.2) is 52.5 Å². The quantitative estimate of drug-likeness (QED) is 0.401. The molecular formula is C18H17N7O2. The number of hydrogen-bond donors (Lipinski definition) is 4. The van der Waals surface area contributed by atoms with Crippen LogP contribution in [0, 0.1) is 5.41 Å². The van der Waals surface area contributed by atoms with Crippen LogP contribution < -0.4 is 16.8 Å². The summed E-state index contributed by atoms with van der Waals surface area (Å²) in [5.41, 5.74) is 14.3. The zero-order chi connectivity index (χ0) is 19.4. The Morgan fingerprint density at radius 2 is 2.07 bits per heavy atom. The Bertz CT molecular complexity index is 1030. The number of nitrogen functional groups attached to an aromatic ring is 2. The lowest BCUT2D eigenvalue weighted by molar-refractivity contribution is 0.102. The number of rotatable bonds is 5. The van der Waals surface area contributed by atoms with Crippen molar-refractivity contribution in [3.63, 3.8) is 0 Å². The highest BCUT2D eigenvalue weighted by Gasteiger charge is 2.15. The fourth-order valence-electron chi connectivity index (χ4n) is 2.37. The summed E-state index contributed by atoms with van der Waals surface area (Å²) in [7, 11) is 1.61. The molecule has 1 aromatic carbocycles. The fraction of sp³-hybridized carbons (Fsp3) is 0.0556. The Balaban J connectivity index is 1.86. The standard InChI is InChI=1S/C18H17N7O2/c1-22-6-10-4-15(24-7-14(10)20)18(26)25-11-2-3-13(19)12(5-11)17(21)16-8-23-9-27-16/h2-9,21H,19-20H2,1H3,(H,25,26). The molecule has 0 atom stereocenters. The number of benzene rings is 1. The van der Waals surface area contributed by atoms with Gasteiger partial charge in [0.1, 0.15) is 11.4 Å². The maximum absolute atomic E-state index is 12.5. The van der Waals surface area contributed by atoms with Gasteiger partial charge >= 0.3 is 0 Å². The first-order valence-corrected chi connectivity index (χ1v) is 7.86. The van der Waals surface area contributed by atoms with E-state index in [9.17, 15) is 4.79 Å². The number of pyridine rings is 1. The lowest BCUT2D eigenvalue weighted by atomic mass is 10.1. The monoisotopic (exact) mass is 363 g/mol. The molecule has 9 heteroatoms. The number of aliphatic imine (C=N–C) groups is 1. The largest absolute Gasteiger partial charge is 0.442 e. The summed E-state index contributed by atoms with van der Waals surface area (Å²) < 4.78 is 5.13. The Hall–Kier alpha value is -4.01. The number of nitrogens with one attached hydrogen (secondary N) is 2. The Labute approximate surface area is 154 Å². The summed E-state index contributed by atoms with van der Waals surface area (Å²) in [6, 6.07) is 6.37. The number of amides is 1. The second-order valence-corrected chi connectivity index (χ2v) is 5.58. The van der Waals surface area contributed by atoms with Gasteiger partial charge in [-0.3, -0.25) is 15.2 Å². The minimum atomic E-state index is -0.428. The highest BCUT2D eigenvalue weighted by atomic mass is 16.3. The molecule has 6 N–H and O–H groups in total. The second-order valence-electron chi connectivity index (χ2n) is 5.58. The molecule has 3 aromatic rings. The van der Waals surface area contributed by atoms with Crippen molar-refractivity contribution < 1.29 is 9.21 Å². The fourth-order valence-corrected chi connectivity index (χ4v) is 2.37. The van der Waals surface area contributed by atoms with Crippen LogP contribution in [0.1, 0.15) is 27.4 Å². The smallest absolute Gasteiger partial charge is 0.274 e. The Kier molecular flexibility index (Phi) is 4.93. The van der Waals surface area contributed by atoms with Gasteiger partial charge in [0.05, 0.1) is 18.1 Å². The molecule has 0 radical (unpaired) electrons. The first-order chi connectivity index (χ1) is 13.0. The predicted molar refractivity (Wildman–Crippen MR) is 103 cm³/mol. The van der Waals surface area contributed by atoms with Crippen LogP contribution >= 0.6 is 0 Å². The predicted octanol–water partition coefficient (Wildman–Crippen LogP) is 1.95. The lowest BCUT2D eigenvalue weighted by Crippen LogP contribution is -2.15. The third-order valence-electron chi connectivity index (χ3n) is 3.73. The van der Waals surface area contributed by atoms with E-state index in [4.69, 9.17) is 21.3 Å². The molecule has 0 bridgehead atoms. The second kappa shape index (κ2) is 7.48. The van der Waals surface area contributed by atoms with E-state index in [0.717, 1.165) is 0 Å². The van der Waals surface area contributed by atoms with Crippen molar-refractivity contribution in [2.24, 2.45) is 4.99 Å². The summed E-state index contributed by atoms with van der Waals surface area (Å²) in [6.07, 6.45) is 5.60. The summed E-state index contributed by atoms with van der Waals surface area (Å²) >= 11 is 0. The van der Waals surface area contributed by atoms with Gasteiger partial charge < -0.3 is 21.2 Å². The van der Waals surface area contributed by atoms with Gasteiger partial charge in [-0.05, 0) is 24.3 Å². The third kappa shape index (κ3) is 3.82. The molecule has 0 aliphatic heterocycles. The summed E-state index contributed by atoms with van der Waals surface area (Å²) in [5.74, 6) is -0.156. The van der Waals surface area contributed by atoms with E-state index in [2.05, 4.69) is 20.3 Å². The number of carbonyl (C=O) groups is 1. The van der Waals surface area contributed by atoms with Crippen LogP contribution in [-0.4, -0.2) is 34.8 Å². The zero-order valence-electron chi connectivity index (χ0n) is 14.4. The minimum absolute atomic E-state index is 0.0631. The lowest BCUT2D eigenvalue weighted by Gasteiger charge is -2.10. The van der Waals surface area contributed by atoms with Gasteiger partial charge in [-0.1, -0.05) is 0 Å². The summed E-state index contributed by atoms with van der Waals surface area (Å²) in [5, 5.41) is 10.9. The molecular weight excluding hydrogens is 346 g/mol.